The van der Waals surface area contributed by atoms with Crippen molar-refractivity contribution in [3.63, 3.8) is 0 Å². The molecule has 2 rings (SSSR count). The lowest BCUT2D eigenvalue weighted by atomic mass is 9.90. The van der Waals surface area contributed by atoms with E-state index in [0.29, 0.717) is 19.4 Å². The minimum absolute atomic E-state index is 0.00771. The molecule has 0 radical (unpaired) electrons. The number of hydroxylamine groups is 3. The Morgan fingerprint density at radius 1 is 1.73 bits per heavy atom. The predicted octanol–water partition coefficient (Wildman–Crippen LogP) is 0.768. The minimum atomic E-state index is -0.710. The normalized spacial score (nSPS) is 44.6. The van der Waals surface area contributed by atoms with E-state index in [4.69, 9.17) is 0 Å². The summed E-state index contributed by atoms with van der Waals surface area (Å²) in [6.45, 7) is 2.40. The average Bonchev–Trinajstić information content (AvgIpc) is 2.92. The van der Waals surface area contributed by atoms with Crippen LogP contribution in [0.3, 0.4) is 0 Å². The fraction of sp³-hybridized carbons (Fsp3) is 0.800. The van der Waals surface area contributed by atoms with Gasteiger partial charge in [-0.2, -0.15) is 0 Å². The average molecular weight is 213 g/mol. The molecule has 2 amide bonds. The molecule has 0 aromatic carbocycles. The van der Waals surface area contributed by atoms with E-state index in [1.807, 2.05) is 6.92 Å². The number of rotatable bonds is 2. The molecule has 2 heterocycles. The van der Waals surface area contributed by atoms with Crippen molar-refractivity contribution in [1.29, 1.82) is 0 Å². The van der Waals surface area contributed by atoms with E-state index in [9.17, 15) is 14.8 Å². The Bertz CT molecular complexity index is 320. The molecule has 15 heavy (non-hydrogen) atoms. The first kappa shape index (κ1) is 10.6. The molecular weight excluding hydrogens is 196 g/mol. The third-order valence-corrected chi connectivity index (χ3v) is 3.99. The molecule has 2 aliphatic rings. The Labute approximate surface area is 88.8 Å². The fourth-order valence-electron chi connectivity index (χ4n) is 2.48. The van der Waals surface area contributed by atoms with Gasteiger partial charge in [0, 0.05) is 13.5 Å². The number of urea groups is 1. The minimum Gasteiger partial charge on any atom is -0.301 e. The van der Waals surface area contributed by atoms with Gasteiger partial charge in [0.05, 0.1) is 0 Å². The summed E-state index contributed by atoms with van der Waals surface area (Å²) in [5, 5.41) is 9.92. The summed E-state index contributed by atoms with van der Waals surface area (Å²) in [5.41, 5.74) is -0.710. The lowest BCUT2D eigenvalue weighted by Crippen LogP contribution is -2.54. The van der Waals surface area contributed by atoms with Crippen molar-refractivity contribution in [2.75, 3.05) is 13.6 Å². The zero-order valence-corrected chi connectivity index (χ0v) is 9.14. The Morgan fingerprint density at radius 2 is 2.40 bits per heavy atom. The molecule has 5 heteroatoms. The van der Waals surface area contributed by atoms with Crippen LogP contribution in [-0.2, 0) is 4.79 Å². The molecule has 0 aromatic rings. The molecule has 2 fully saturated rings. The summed E-state index contributed by atoms with van der Waals surface area (Å²) in [5.74, 6) is 0. The second kappa shape index (κ2) is 3.02. The van der Waals surface area contributed by atoms with Crippen LogP contribution < -0.4 is 0 Å². The van der Waals surface area contributed by atoms with Gasteiger partial charge in [0.15, 0.2) is 12.6 Å². The molecule has 0 aromatic heterocycles. The van der Waals surface area contributed by atoms with Gasteiger partial charge in [-0.15, -0.1) is 0 Å². The maximum atomic E-state index is 11.9. The van der Waals surface area contributed by atoms with Crippen molar-refractivity contribution in [1.82, 2.24) is 4.90 Å². The van der Waals surface area contributed by atoms with E-state index in [1.54, 1.807) is 7.05 Å². The van der Waals surface area contributed by atoms with Crippen molar-refractivity contribution in [2.45, 2.75) is 37.8 Å². The maximum Gasteiger partial charge on any atom is 0.452 e. The van der Waals surface area contributed by atoms with Crippen molar-refractivity contribution in [2.24, 2.45) is 0 Å². The van der Waals surface area contributed by atoms with E-state index in [1.165, 1.54) is 4.90 Å². The lowest BCUT2D eigenvalue weighted by molar-refractivity contribution is -0.942. The van der Waals surface area contributed by atoms with Gasteiger partial charge < -0.3 is 4.79 Å². The smallest absolute Gasteiger partial charge is 0.301 e. The van der Waals surface area contributed by atoms with Crippen LogP contribution in [0.15, 0.2) is 0 Å². The zero-order chi connectivity index (χ0) is 11.3. The van der Waals surface area contributed by atoms with Crippen molar-refractivity contribution in [3.05, 3.63) is 0 Å². The van der Waals surface area contributed by atoms with Gasteiger partial charge in [-0.3, -0.25) is 4.90 Å². The van der Waals surface area contributed by atoms with Gasteiger partial charge in [-0.1, -0.05) is 11.6 Å². The highest BCUT2D eigenvalue weighted by Gasteiger charge is 2.67. The van der Waals surface area contributed by atoms with E-state index >= 15 is 0 Å². The van der Waals surface area contributed by atoms with Crippen LogP contribution in [0.2, 0.25) is 0 Å². The van der Waals surface area contributed by atoms with Gasteiger partial charge in [0.1, 0.15) is 11.8 Å². The van der Waals surface area contributed by atoms with Crippen molar-refractivity contribution < 1.29 is 19.4 Å². The van der Waals surface area contributed by atoms with Crippen molar-refractivity contribution in [3.8, 4) is 0 Å². The van der Waals surface area contributed by atoms with E-state index in [0.717, 1.165) is 12.7 Å². The van der Waals surface area contributed by atoms with E-state index < -0.39 is 10.2 Å². The summed E-state index contributed by atoms with van der Waals surface area (Å²) >= 11 is 0. The third kappa shape index (κ3) is 1.23. The molecule has 3 unspecified atom stereocenters. The first-order valence-corrected chi connectivity index (χ1v) is 5.35. The highest BCUT2D eigenvalue weighted by Crippen LogP contribution is 2.41. The number of nitrogens with zero attached hydrogens (tertiary/aromatic N) is 2. The molecule has 0 saturated carbocycles. The van der Waals surface area contributed by atoms with Crippen molar-refractivity contribution >= 4 is 12.3 Å². The van der Waals surface area contributed by atoms with Gasteiger partial charge >= 0.3 is 6.03 Å². The van der Waals surface area contributed by atoms with Gasteiger partial charge in [-0.25, -0.2) is 10.0 Å². The monoisotopic (exact) mass is 213 g/mol. The predicted molar refractivity (Wildman–Crippen MR) is 52.2 cm³/mol. The number of aldehydes is 1. The maximum absolute atomic E-state index is 11.9. The summed E-state index contributed by atoms with van der Waals surface area (Å²) < 4.78 is -0.494. The summed E-state index contributed by atoms with van der Waals surface area (Å²) in [6.07, 6.45) is 2.84. The Balaban J connectivity index is 2.32. The van der Waals surface area contributed by atoms with Gasteiger partial charge in [-0.05, 0) is 12.8 Å². The second-order valence-corrected chi connectivity index (χ2v) is 4.62. The molecular formula is C10H17N2O3+. The van der Waals surface area contributed by atoms with Gasteiger partial charge in [0.25, 0.3) is 0 Å². The quantitative estimate of drug-likeness (QED) is 0.319. The van der Waals surface area contributed by atoms with Gasteiger partial charge in [0.2, 0.25) is 0 Å². The number of carbonyl (C=O) groups excluding carboxylic acids is 2. The Morgan fingerprint density at radius 3 is 2.93 bits per heavy atom. The number of amides is 2. The molecule has 2 aliphatic heterocycles. The number of likely N-dealkylation sites (N-methyl/N-ethyl adjacent to an activating group) is 1. The van der Waals surface area contributed by atoms with Crippen LogP contribution in [0.1, 0.15) is 26.2 Å². The first-order valence-electron chi connectivity index (χ1n) is 5.35. The van der Waals surface area contributed by atoms with Crippen LogP contribution in [0, 0.1) is 0 Å². The number of quaternary nitrogens is 1. The van der Waals surface area contributed by atoms with Crippen LogP contribution in [0.25, 0.3) is 0 Å². The third-order valence-electron chi connectivity index (χ3n) is 3.99. The SMILES string of the molecule is CCC1(C=O)CCC2C[N+]2(O)C(=O)N1C. The van der Waals surface area contributed by atoms with E-state index in [-0.39, 0.29) is 12.1 Å². The summed E-state index contributed by atoms with van der Waals surface area (Å²) in [6, 6.07) is -0.334. The molecule has 0 aliphatic carbocycles. The molecule has 0 bridgehead atoms. The highest BCUT2D eigenvalue weighted by molar-refractivity contribution is 5.77. The second-order valence-electron chi connectivity index (χ2n) is 4.62. The number of hydrogen-bond acceptors (Lipinski definition) is 3. The Hall–Kier alpha value is -0.940. The number of fused-ring (bicyclic) bond motifs is 1. The van der Waals surface area contributed by atoms with Crippen LogP contribution in [0.4, 0.5) is 4.79 Å². The van der Waals surface area contributed by atoms with E-state index in [2.05, 4.69) is 0 Å². The molecule has 0 spiro atoms. The molecule has 2 saturated heterocycles. The standard InChI is InChI=1S/C10H17N2O3/c1-3-10(7-13)5-4-8-6-12(8,15)9(14)11(10)2/h7-8,15H,3-6H2,1-2H3/q+1. The molecule has 3 atom stereocenters. The van der Waals surface area contributed by atoms with Crippen LogP contribution in [-0.4, -0.2) is 52.2 Å². The first-order chi connectivity index (χ1) is 7.00. The largest absolute Gasteiger partial charge is 0.452 e. The fourth-order valence-corrected chi connectivity index (χ4v) is 2.48. The van der Waals surface area contributed by atoms with Crippen LogP contribution in [0.5, 0.6) is 0 Å². The summed E-state index contributed by atoms with van der Waals surface area (Å²) in [7, 11) is 1.61. The molecule has 5 nitrogen and oxygen atoms in total. The molecule has 84 valence electrons. The molecule has 1 N–H and O–H groups in total. The number of hydrogen-bond donors (Lipinski definition) is 1. The topological polar surface area (TPSA) is 57.6 Å². The highest BCUT2D eigenvalue weighted by atomic mass is 16.6. The number of carbonyl (C=O) groups is 2. The van der Waals surface area contributed by atoms with Crippen LogP contribution >= 0.6 is 0 Å². The Kier molecular flexibility index (Phi) is 2.13. The summed E-state index contributed by atoms with van der Waals surface area (Å²) in [4.78, 5) is 24.5. The lowest BCUT2D eigenvalue weighted by Gasteiger charge is -2.33. The zero-order valence-electron chi connectivity index (χ0n) is 9.14.